The summed E-state index contributed by atoms with van der Waals surface area (Å²) < 4.78 is 20.5. The number of furan rings is 1. The normalized spacial score (nSPS) is 12.0. The molecule has 1 heterocycles. The van der Waals surface area contributed by atoms with Crippen molar-refractivity contribution in [2.45, 2.75) is 46.8 Å². The number of hydrogen-bond donors (Lipinski definition) is 0. The second-order valence-corrected chi connectivity index (χ2v) is 6.73. The van der Waals surface area contributed by atoms with Crippen LogP contribution in [0.1, 0.15) is 49.1 Å². The molecular formula is C19H29NO7. The molecule has 0 fully saturated rings. The van der Waals surface area contributed by atoms with Crippen LogP contribution in [0, 0.1) is 12.8 Å². The number of rotatable bonds is 10. The quantitative estimate of drug-likeness (QED) is 0.572. The van der Waals surface area contributed by atoms with Crippen molar-refractivity contribution in [2.75, 3.05) is 27.4 Å². The lowest BCUT2D eigenvalue weighted by molar-refractivity contribution is -0.161. The highest BCUT2D eigenvalue weighted by Crippen LogP contribution is 2.17. The van der Waals surface area contributed by atoms with Crippen molar-refractivity contribution in [3.8, 4) is 0 Å². The van der Waals surface area contributed by atoms with E-state index in [-0.39, 0.29) is 6.54 Å². The molecule has 0 bridgehead atoms. The molecule has 1 rings (SSSR count). The van der Waals surface area contributed by atoms with Gasteiger partial charge in [0.1, 0.15) is 17.1 Å². The molecule has 0 aliphatic heterocycles. The van der Waals surface area contributed by atoms with E-state index in [4.69, 9.17) is 13.9 Å². The summed E-state index contributed by atoms with van der Waals surface area (Å²) in [6.07, 6.45) is 0.118. The van der Waals surface area contributed by atoms with Crippen molar-refractivity contribution < 1.29 is 33.0 Å². The van der Waals surface area contributed by atoms with E-state index in [2.05, 4.69) is 18.6 Å². The third-order valence-electron chi connectivity index (χ3n) is 3.93. The molecule has 0 radical (unpaired) electrons. The van der Waals surface area contributed by atoms with Gasteiger partial charge in [-0.1, -0.05) is 13.8 Å². The summed E-state index contributed by atoms with van der Waals surface area (Å²) in [6, 6.07) is 1.53. The van der Waals surface area contributed by atoms with Gasteiger partial charge in [-0.05, 0) is 32.3 Å². The number of amides is 1. The second kappa shape index (κ2) is 10.7. The molecule has 0 saturated heterocycles. The van der Waals surface area contributed by atoms with E-state index in [1.165, 1.54) is 18.1 Å². The Hall–Kier alpha value is -2.35. The van der Waals surface area contributed by atoms with E-state index in [1.54, 1.807) is 20.9 Å². The highest BCUT2D eigenvalue weighted by atomic mass is 16.6. The van der Waals surface area contributed by atoms with Crippen molar-refractivity contribution in [3.63, 3.8) is 0 Å². The lowest BCUT2D eigenvalue weighted by Crippen LogP contribution is -2.33. The van der Waals surface area contributed by atoms with E-state index < -0.39 is 30.6 Å². The van der Waals surface area contributed by atoms with Gasteiger partial charge in [0, 0.05) is 13.7 Å². The lowest BCUT2D eigenvalue weighted by Gasteiger charge is -2.17. The molecule has 0 aliphatic rings. The molecule has 1 aromatic heterocycles. The molecule has 1 amide bonds. The van der Waals surface area contributed by atoms with Gasteiger partial charge in [0.2, 0.25) is 0 Å². The van der Waals surface area contributed by atoms with Crippen LogP contribution in [-0.4, -0.2) is 56.2 Å². The summed E-state index contributed by atoms with van der Waals surface area (Å²) in [5.74, 6) is -0.157. The maximum absolute atomic E-state index is 12.1. The molecule has 1 atom stereocenters. The van der Waals surface area contributed by atoms with Crippen LogP contribution in [0.15, 0.2) is 10.5 Å². The van der Waals surface area contributed by atoms with E-state index in [1.807, 2.05) is 0 Å². The van der Waals surface area contributed by atoms with E-state index in [0.717, 1.165) is 6.42 Å². The summed E-state index contributed by atoms with van der Waals surface area (Å²) in [6.45, 7) is 7.56. The van der Waals surface area contributed by atoms with Gasteiger partial charge in [0.25, 0.3) is 5.91 Å². The van der Waals surface area contributed by atoms with Gasteiger partial charge in [-0.3, -0.25) is 4.79 Å². The lowest BCUT2D eigenvalue weighted by atomic mass is 10.1. The summed E-state index contributed by atoms with van der Waals surface area (Å²) in [5, 5.41) is 0. The molecular weight excluding hydrogens is 354 g/mol. The molecule has 0 aliphatic carbocycles. The van der Waals surface area contributed by atoms with Crippen molar-refractivity contribution in [1.29, 1.82) is 0 Å². The van der Waals surface area contributed by atoms with Crippen LogP contribution in [0.5, 0.6) is 0 Å². The Labute approximate surface area is 159 Å². The number of likely N-dealkylation sites (N-methyl/N-ethyl adjacent to an activating group) is 1. The fourth-order valence-electron chi connectivity index (χ4n) is 2.17. The van der Waals surface area contributed by atoms with Crippen LogP contribution in [0.3, 0.4) is 0 Å². The van der Waals surface area contributed by atoms with Crippen LogP contribution in [0.2, 0.25) is 0 Å². The summed E-state index contributed by atoms with van der Waals surface area (Å²) >= 11 is 0. The molecule has 8 heteroatoms. The Bertz CT molecular complexity index is 650. The number of aryl methyl sites for hydroxylation is 1. The van der Waals surface area contributed by atoms with E-state index in [0.29, 0.717) is 29.6 Å². The Balaban J connectivity index is 2.46. The van der Waals surface area contributed by atoms with Crippen LogP contribution in [0.4, 0.5) is 0 Å². The highest BCUT2D eigenvalue weighted by molar-refractivity contribution is 5.90. The molecule has 0 saturated carbocycles. The molecule has 8 nitrogen and oxygen atoms in total. The van der Waals surface area contributed by atoms with Crippen molar-refractivity contribution in [1.82, 2.24) is 4.90 Å². The third kappa shape index (κ3) is 7.42. The van der Waals surface area contributed by atoms with Crippen LogP contribution >= 0.6 is 0 Å². The Morgan fingerprint density at radius 3 is 2.48 bits per heavy atom. The largest absolute Gasteiger partial charge is 0.465 e. The molecule has 0 N–H and O–H groups in total. The first-order valence-corrected chi connectivity index (χ1v) is 8.85. The monoisotopic (exact) mass is 383 g/mol. The van der Waals surface area contributed by atoms with E-state index >= 15 is 0 Å². The molecule has 1 unspecified atom stereocenters. The Kier molecular flexibility index (Phi) is 9.00. The standard InChI is InChI=1S/C19H29NO7/c1-12(2)7-8-25-14(4)18(22)26-11-17(21)20(5)10-15-9-16(13(3)27-15)19(23)24-6/h9,12,14H,7-8,10-11H2,1-6H3. The zero-order valence-corrected chi connectivity index (χ0v) is 16.9. The van der Waals surface area contributed by atoms with Crippen molar-refractivity contribution >= 4 is 17.8 Å². The minimum Gasteiger partial charge on any atom is -0.465 e. The average molecular weight is 383 g/mol. The predicted octanol–water partition coefficient (Wildman–Crippen LogP) is 2.33. The van der Waals surface area contributed by atoms with Gasteiger partial charge in [-0.15, -0.1) is 0 Å². The van der Waals surface area contributed by atoms with Gasteiger partial charge < -0.3 is 23.5 Å². The fraction of sp³-hybridized carbons (Fsp3) is 0.632. The summed E-state index contributed by atoms with van der Waals surface area (Å²) in [7, 11) is 2.83. The van der Waals surface area contributed by atoms with Gasteiger partial charge in [0.05, 0.1) is 13.7 Å². The second-order valence-electron chi connectivity index (χ2n) is 6.73. The topological polar surface area (TPSA) is 95.3 Å². The SMILES string of the molecule is COC(=O)c1cc(CN(C)C(=O)COC(=O)C(C)OCCC(C)C)oc1C. The van der Waals surface area contributed by atoms with E-state index in [9.17, 15) is 14.4 Å². The molecule has 0 spiro atoms. The van der Waals surface area contributed by atoms with Gasteiger partial charge >= 0.3 is 11.9 Å². The molecule has 27 heavy (non-hydrogen) atoms. The fourth-order valence-corrected chi connectivity index (χ4v) is 2.17. The first-order chi connectivity index (χ1) is 12.6. The number of esters is 2. The zero-order chi connectivity index (χ0) is 20.6. The third-order valence-corrected chi connectivity index (χ3v) is 3.93. The van der Waals surface area contributed by atoms with Crippen LogP contribution in [-0.2, 0) is 30.3 Å². The zero-order valence-electron chi connectivity index (χ0n) is 16.9. The average Bonchev–Trinajstić information content (AvgIpc) is 2.98. The first kappa shape index (κ1) is 22.7. The van der Waals surface area contributed by atoms with Gasteiger partial charge in [-0.25, -0.2) is 9.59 Å². The minimum atomic E-state index is -0.725. The number of hydrogen-bond acceptors (Lipinski definition) is 7. The summed E-state index contributed by atoms with van der Waals surface area (Å²) in [4.78, 5) is 36.9. The first-order valence-electron chi connectivity index (χ1n) is 8.85. The van der Waals surface area contributed by atoms with Crippen molar-refractivity contribution in [3.05, 3.63) is 23.2 Å². The minimum absolute atomic E-state index is 0.134. The number of carbonyl (C=O) groups excluding carboxylic acids is 3. The molecule has 0 aromatic carbocycles. The highest BCUT2D eigenvalue weighted by Gasteiger charge is 2.20. The van der Waals surface area contributed by atoms with Gasteiger partial charge in [-0.2, -0.15) is 0 Å². The van der Waals surface area contributed by atoms with Gasteiger partial charge in [0.15, 0.2) is 12.7 Å². The van der Waals surface area contributed by atoms with Crippen LogP contribution in [0.25, 0.3) is 0 Å². The molecule has 1 aromatic rings. The van der Waals surface area contributed by atoms with Crippen molar-refractivity contribution in [2.24, 2.45) is 5.92 Å². The molecule has 152 valence electrons. The Morgan fingerprint density at radius 2 is 1.89 bits per heavy atom. The number of carbonyl (C=O) groups is 3. The number of nitrogens with zero attached hydrogens (tertiary/aromatic N) is 1. The Morgan fingerprint density at radius 1 is 1.22 bits per heavy atom. The smallest absolute Gasteiger partial charge is 0.341 e. The number of methoxy groups -OCH3 is 1. The predicted molar refractivity (Wildman–Crippen MR) is 97.1 cm³/mol. The van der Waals surface area contributed by atoms with Crippen LogP contribution < -0.4 is 0 Å². The number of ether oxygens (including phenoxy) is 3. The maximum Gasteiger partial charge on any atom is 0.341 e. The maximum atomic E-state index is 12.1. The summed E-state index contributed by atoms with van der Waals surface area (Å²) in [5.41, 5.74) is 0.312.